The second-order valence-corrected chi connectivity index (χ2v) is 9.77. The smallest absolute Gasteiger partial charge is 0.220 e. The Morgan fingerprint density at radius 3 is 2.53 bits per heavy atom. The van der Waals surface area contributed by atoms with Crippen LogP contribution in [0.15, 0.2) is 42.5 Å². The molecule has 1 heterocycles. The number of hydrogen-bond acceptors (Lipinski definition) is 4. The summed E-state index contributed by atoms with van der Waals surface area (Å²) in [4.78, 5) is 12.3. The van der Waals surface area contributed by atoms with Crippen molar-refractivity contribution in [1.82, 2.24) is 9.62 Å². The first kappa shape index (κ1) is 22.7. The first-order valence-corrected chi connectivity index (χ1v) is 12.0. The van der Waals surface area contributed by atoms with E-state index in [0.29, 0.717) is 56.3 Å². The number of halogens is 1. The predicted octanol–water partition coefficient (Wildman–Crippen LogP) is 3.06. The van der Waals surface area contributed by atoms with Gasteiger partial charge in [-0.1, -0.05) is 48.0 Å². The lowest BCUT2D eigenvalue weighted by molar-refractivity contribution is -0.121. The standard InChI is InChI=1S/C22H27ClN2O4S/c1-17-6-7-18(14-21(17)23)8-9-22(26)24-15-19-4-2-3-5-20(19)16-30(27,28)25-10-12-29-13-11-25/h2-7,14H,8-13,15-16H2,1H3,(H,24,26). The highest BCUT2D eigenvalue weighted by molar-refractivity contribution is 7.88. The number of benzene rings is 2. The molecule has 1 N–H and O–H groups in total. The molecule has 1 saturated heterocycles. The van der Waals surface area contributed by atoms with Gasteiger partial charge in [0.2, 0.25) is 15.9 Å². The maximum Gasteiger partial charge on any atom is 0.220 e. The van der Waals surface area contributed by atoms with E-state index in [2.05, 4.69) is 5.32 Å². The van der Waals surface area contributed by atoms with Gasteiger partial charge >= 0.3 is 0 Å². The SMILES string of the molecule is Cc1ccc(CCC(=O)NCc2ccccc2CS(=O)(=O)N2CCOCC2)cc1Cl. The lowest BCUT2D eigenvalue weighted by atomic mass is 10.1. The molecule has 0 unspecified atom stereocenters. The van der Waals surface area contributed by atoms with Gasteiger partial charge in [-0.3, -0.25) is 4.79 Å². The molecule has 162 valence electrons. The summed E-state index contributed by atoms with van der Waals surface area (Å²) in [6.45, 7) is 3.83. The van der Waals surface area contributed by atoms with Crippen molar-refractivity contribution < 1.29 is 17.9 Å². The second-order valence-electron chi connectivity index (χ2n) is 7.40. The van der Waals surface area contributed by atoms with Crippen molar-refractivity contribution in [1.29, 1.82) is 0 Å². The number of morpholine rings is 1. The molecule has 30 heavy (non-hydrogen) atoms. The molecule has 0 aromatic heterocycles. The molecule has 1 aliphatic rings. The van der Waals surface area contributed by atoms with E-state index in [1.54, 1.807) is 6.07 Å². The summed E-state index contributed by atoms with van der Waals surface area (Å²) in [5.41, 5.74) is 3.53. The topological polar surface area (TPSA) is 75.7 Å². The van der Waals surface area contributed by atoms with Crippen LogP contribution in [0, 0.1) is 6.92 Å². The van der Waals surface area contributed by atoms with Crippen LogP contribution in [0.5, 0.6) is 0 Å². The molecule has 3 rings (SSSR count). The Labute approximate surface area is 183 Å². The van der Waals surface area contributed by atoms with Crippen molar-refractivity contribution in [2.45, 2.75) is 32.1 Å². The van der Waals surface area contributed by atoms with Gasteiger partial charge in [-0.2, -0.15) is 4.31 Å². The van der Waals surface area contributed by atoms with E-state index in [4.69, 9.17) is 16.3 Å². The number of aryl methyl sites for hydroxylation is 2. The molecular weight excluding hydrogens is 424 g/mol. The molecule has 0 aliphatic carbocycles. The van der Waals surface area contributed by atoms with Gasteiger partial charge in [-0.05, 0) is 41.7 Å². The Bertz CT molecular complexity index is 988. The molecule has 0 spiro atoms. The third-order valence-electron chi connectivity index (χ3n) is 5.17. The Hall–Kier alpha value is -1.93. The van der Waals surface area contributed by atoms with Crippen molar-refractivity contribution in [3.8, 4) is 0 Å². The number of hydrogen-bond donors (Lipinski definition) is 1. The van der Waals surface area contributed by atoms with Gasteiger partial charge in [0.1, 0.15) is 0 Å². The molecule has 1 fully saturated rings. The van der Waals surface area contributed by atoms with Gasteiger partial charge in [0.25, 0.3) is 0 Å². The van der Waals surface area contributed by atoms with Crippen LogP contribution in [0.3, 0.4) is 0 Å². The molecule has 8 heteroatoms. The van der Waals surface area contributed by atoms with Crippen LogP contribution in [0.2, 0.25) is 5.02 Å². The maximum atomic E-state index is 12.7. The lowest BCUT2D eigenvalue weighted by Gasteiger charge is -2.26. The average molecular weight is 451 g/mol. The van der Waals surface area contributed by atoms with Crippen molar-refractivity contribution in [3.05, 3.63) is 69.7 Å². The summed E-state index contributed by atoms with van der Waals surface area (Å²) in [5.74, 6) is -0.168. The third kappa shape index (κ3) is 6.28. The third-order valence-corrected chi connectivity index (χ3v) is 7.41. The van der Waals surface area contributed by atoms with Gasteiger partial charge in [0.05, 0.1) is 19.0 Å². The molecular formula is C22H27ClN2O4S. The van der Waals surface area contributed by atoms with Gasteiger partial charge in [0, 0.05) is 31.1 Å². The van der Waals surface area contributed by atoms with Gasteiger partial charge in [-0.25, -0.2) is 8.42 Å². The summed E-state index contributed by atoms with van der Waals surface area (Å²) in [5, 5.41) is 3.60. The van der Waals surface area contributed by atoms with Crippen LogP contribution < -0.4 is 5.32 Å². The molecule has 2 aromatic rings. The molecule has 1 amide bonds. The maximum absolute atomic E-state index is 12.7. The van der Waals surface area contributed by atoms with E-state index in [9.17, 15) is 13.2 Å². The van der Waals surface area contributed by atoms with E-state index < -0.39 is 10.0 Å². The number of rotatable bonds is 8. The highest BCUT2D eigenvalue weighted by atomic mass is 35.5. The fourth-order valence-electron chi connectivity index (χ4n) is 3.32. The fourth-order valence-corrected chi connectivity index (χ4v) is 5.08. The van der Waals surface area contributed by atoms with Crippen LogP contribution in [-0.4, -0.2) is 44.9 Å². The van der Waals surface area contributed by atoms with Crippen LogP contribution in [0.1, 0.15) is 28.7 Å². The monoisotopic (exact) mass is 450 g/mol. The van der Waals surface area contributed by atoms with Crippen molar-refractivity contribution in [2.75, 3.05) is 26.3 Å². The molecule has 1 aliphatic heterocycles. The van der Waals surface area contributed by atoms with Crippen molar-refractivity contribution >= 4 is 27.5 Å². The number of carbonyl (C=O) groups is 1. The summed E-state index contributed by atoms with van der Waals surface area (Å²) < 4.78 is 32.2. The summed E-state index contributed by atoms with van der Waals surface area (Å²) in [7, 11) is -3.42. The zero-order valence-corrected chi connectivity index (χ0v) is 18.6. The van der Waals surface area contributed by atoms with Crippen LogP contribution >= 0.6 is 11.6 Å². The normalized spacial score (nSPS) is 15.1. The van der Waals surface area contributed by atoms with Gasteiger partial charge in [0.15, 0.2) is 0 Å². The quantitative estimate of drug-likeness (QED) is 0.670. The first-order valence-electron chi connectivity index (χ1n) is 9.99. The molecule has 0 atom stereocenters. The lowest BCUT2D eigenvalue weighted by Crippen LogP contribution is -2.41. The molecule has 0 bridgehead atoms. The highest BCUT2D eigenvalue weighted by Gasteiger charge is 2.25. The van der Waals surface area contributed by atoms with E-state index in [-0.39, 0.29) is 11.7 Å². The number of nitrogens with one attached hydrogen (secondary N) is 1. The van der Waals surface area contributed by atoms with Gasteiger partial charge in [-0.15, -0.1) is 0 Å². The fraction of sp³-hybridized carbons (Fsp3) is 0.409. The Morgan fingerprint density at radius 1 is 1.13 bits per heavy atom. The summed E-state index contributed by atoms with van der Waals surface area (Å²) in [6.07, 6.45) is 0.937. The molecule has 2 aromatic carbocycles. The number of sulfonamides is 1. The summed E-state index contributed by atoms with van der Waals surface area (Å²) in [6, 6.07) is 13.1. The largest absolute Gasteiger partial charge is 0.379 e. The van der Waals surface area contributed by atoms with E-state index in [1.807, 2.05) is 43.3 Å². The zero-order valence-electron chi connectivity index (χ0n) is 17.1. The van der Waals surface area contributed by atoms with Crippen LogP contribution in [-0.2, 0) is 38.3 Å². The van der Waals surface area contributed by atoms with Crippen molar-refractivity contribution in [3.63, 3.8) is 0 Å². The number of amides is 1. The highest BCUT2D eigenvalue weighted by Crippen LogP contribution is 2.18. The Kier molecular flexibility index (Phi) is 7.88. The first-order chi connectivity index (χ1) is 14.3. The summed E-state index contributed by atoms with van der Waals surface area (Å²) >= 11 is 6.14. The molecule has 0 saturated carbocycles. The van der Waals surface area contributed by atoms with Crippen molar-refractivity contribution in [2.24, 2.45) is 0 Å². The molecule has 0 radical (unpaired) electrons. The minimum Gasteiger partial charge on any atom is -0.379 e. The number of ether oxygens (including phenoxy) is 1. The average Bonchev–Trinajstić information content (AvgIpc) is 2.74. The molecule has 6 nitrogen and oxygen atoms in total. The minimum absolute atomic E-state index is 0.0824. The van der Waals surface area contributed by atoms with Crippen LogP contribution in [0.25, 0.3) is 0 Å². The Balaban J connectivity index is 1.56. The van der Waals surface area contributed by atoms with Crippen LogP contribution in [0.4, 0.5) is 0 Å². The minimum atomic E-state index is -3.42. The van der Waals surface area contributed by atoms with E-state index in [1.165, 1.54) is 4.31 Å². The number of carbonyl (C=O) groups excluding carboxylic acids is 1. The van der Waals surface area contributed by atoms with E-state index in [0.717, 1.165) is 16.7 Å². The Morgan fingerprint density at radius 2 is 1.83 bits per heavy atom. The second kappa shape index (κ2) is 10.4. The number of nitrogens with zero attached hydrogens (tertiary/aromatic N) is 1. The zero-order chi connectivity index (χ0) is 21.6. The van der Waals surface area contributed by atoms with Gasteiger partial charge < -0.3 is 10.1 Å². The predicted molar refractivity (Wildman–Crippen MR) is 118 cm³/mol. The van der Waals surface area contributed by atoms with E-state index >= 15 is 0 Å².